The van der Waals surface area contributed by atoms with Crippen molar-refractivity contribution in [3.05, 3.63) is 0 Å². The van der Waals surface area contributed by atoms with Gasteiger partial charge in [-0.3, -0.25) is 0 Å². The first-order valence-electron chi connectivity index (χ1n) is 0.258. The van der Waals surface area contributed by atoms with Crippen LogP contribution in [-0.2, 0) is 15.3 Å². The fourth-order valence-corrected chi connectivity index (χ4v) is 0. The molecule has 3 radical (unpaired) electrons. The van der Waals surface area contributed by atoms with Gasteiger partial charge < -0.3 is 0 Å². The zero-order valence-electron chi connectivity index (χ0n) is 2.54. The topological polar surface area (TPSA) is 28.5 Å². The normalized spacial score (nSPS) is 4.00. The van der Waals surface area contributed by atoms with Crippen molar-refractivity contribution in [1.29, 1.82) is 0 Å². The third-order valence-electron chi connectivity index (χ3n) is 0. The zero-order chi connectivity index (χ0) is 2.71. The summed E-state index contributed by atoms with van der Waals surface area (Å²) in [6, 6.07) is 0. The Morgan fingerprint density at radius 3 is 1.20 bits per heavy atom. The second-order valence-corrected chi connectivity index (χ2v) is 5.87. The molecule has 0 heterocycles. The van der Waals surface area contributed by atoms with Crippen LogP contribution in [0.2, 0.25) is 0 Å². The molecule has 1 nitrogen and oxygen atoms in total. The Morgan fingerprint density at radius 2 is 1.20 bits per heavy atom. The molecule has 5 heavy (non-hydrogen) atoms. The summed E-state index contributed by atoms with van der Waals surface area (Å²) in [6.45, 7) is 0. The number of rotatable bonds is 0. The first-order chi connectivity index (χ1) is 1.41. The summed E-state index contributed by atoms with van der Waals surface area (Å²) in [5.74, 6) is 0. The maximum atomic E-state index is 2.69. The van der Waals surface area contributed by atoms with E-state index in [9.17, 15) is 0 Å². The third kappa shape index (κ3) is 23.3. The summed E-state index contributed by atoms with van der Waals surface area (Å²) < 4.78 is 0. The van der Waals surface area contributed by atoms with E-state index in [1.54, 1.807) is 0 Å². The Kier molecular flexibility index (Phi) is 52.0. The van der Waals surface area contributed by atoms with Crippen LogP contribution in [0.5, 0.6) is 0 Å². The Bertz CT molecular complexity index is 30.6. The summed E-state index contributed by atoms with van der Waals surface area (Å²) in [4.78, 5) is 0. The van der Waals surface area contributed by atoms with Crippen LogP contribution in [0.25, 0.3) is 0 Å². The van der Waals surface area contributed by atoms with Gasteiger partial charge in [-0.1, -0.05) is 0 Å². The van der Waals surface area contributed by atoms with E-state index in [0.29, 0.717) is 0 Å². The van der Waals surface area contributed by atoms with Gasteiger partial charge >= 0.3 is 37.4 Å². The minimum atomic E-state index is 0. The number of hydrogen-bond acceptors (Lipinski definition) is 0. The first-order valence-corrected chi connectivity index (χ1v) is 5.53. The molecule has 0 fully saturated rings. The average molecular weight is 240 g/mol. The molecular weight excluding hydrogens is 240 g/mol. The quantitative estimate of drug-likeness (QED) is 0.472. The molecule has 29 valence electrons. The van der Waals surface area contributed by atoms with Crippen molar-refractivity contribution in [3.8, 4) is 0 Å². The van der Waals surface area contributed by atoms with Gasteiger partial charge in [-0.25, -0.2) is 0 Å². The summed E-state index contributed by atoms with van der Waals surface area (Å²) in [5.41, 5.74) is 0. The molecule has 0 bridgehead atoms. The molecule has 0 aliphatic carbocycles. The van der Waals surface area contributed by atoms with Crippen molar-refractivity contribution in [2.45, 2.75) is 0 Å². The van der Waals surface area contributed by atoms with Crippen LogP contribution in [0.4, 0.5) is 0 Å². The van der Waals surface area contributed by atoms with Crippen molar-refractivity contribution in [3.63, 3.8) is 0 Å². The van der Waals surface area contributed by atoms with Crippen molar-refractivity contribution < 1.29 is 15.3 Å². The molecule has 0 amide bonds. The standard InChI is InChI=1S/Li.Ni.O.2Se. The second-order valence-electron chi connectivity index (χ2n) is 0.0527. The summed E-state index contributed by atoms with van der Waals surface area (Å²) in [7, 11) is 1.38. The van der Waals surface area contributed by atoms with E-state index in [1.165, 1.54) is 9.81 Å². The molecule has 0 spiro atoms. The third-order valence-corrected chi connectivity index (χ3v) is 0. The van der Waals surface area contributed by atoms with Gasteiger partial charge in [0.2, 0.25) is 0 Å². The predicted octanol–water partition coefficient (Wildman–Crippen LogP) is -1.26. The fraction of sp³-hybridized carbons (Fsp3) is 0. The Labute approximate surface area is 61.1 Å². The predicted molar refractivity (Wildman–Crippen MR) is 17.9 cm³/mol. The summed E-state index contributed by atoms with van der Waals surface area (Å²) in [6.07, 6.45) is 0. The average Bonchev–Trinajstić information content (AvgIpc) is 0.918. The van der Waals surface area contributed by atoms with Crippen LogP contribution in [0.15, 0.2) is 0 Å². The van der Waals surface area contributed by atoms with Crippen molar-refractivity contribution >= 4 is 46.4 Å². The van der Waals surface area contributed by atoms with Gasteiger partial charge in [0.15, 0.2) is 0 Å². The van der Waals surface area contributed by atoms with Gasteiger partial charge in [-0.2, -0.15) is 0 Å². The van der Waals surface area contributed by atoms with Gasteiger partial charge in [0.25, 0.3) is 0 Å². The van der Waals surface area contributed by atoms with Gasteiger partial charge in [-0.15, -0.1) is 0 Å². The van der Waals surface area contributed by atoms with Crippen LogP contribution in [0.3, 0.4) is 0 Å². The van der Waals surface area contributed by atoms with Crippen LogP contribution in [-0.4, -0.2) is 46.4 Å². The van der Waals surface area contributed by atoms with E-state index in [2.05, 4.69) is 27.5 Å². The molecular formula is LiNiOSe2. The summed E-state index contributed by atoms with van der Waals surface area (Å²) >= 11 is 5.38. The molecule has 0 saturated carbocycles. The minimum absolute atomic E-state index is 0. The molecule has 5 heteroatoms. The Morgan fingerprint density at radius 1 is 1.20 bits per heavy atom. The monoisotopic (exact) mass is 241 g/mol. The summed E-state index contributed by atoms with van der Waals surface area (Å²) in [5, 5.41) is 0. The van der Waals surface area contributed by atoms with Crippen molar-refractivity contribution in [1.82, 2.24) is 0 Å². The first kappa shape index (κ1) is 15.7. The van der Waals surface area contributed by atoms with E-state index >= 15 is 0 Å². The van der Waals surface area contributed by atoms with Crippen molar-refractivity contribution in [2.24, 2.45) is 0 Å². The Hall–Kier alpha value is 2.09. The molecule has 0 aliphatic rings. The molecule has 0 aromatic rings. The van der Waals surface area contributed by atoms with Gasteiger partial charge in [0, 0.05) is 24.3 Å². The van der Waals surface area contributed by atoms with Gasteiger partial charge in [-0.05, 0) is 0 Å². The van der Waals surface area contributed by atoms with E-state index < -0.39 is 0 Å². The Balaban J connectivity index is -0.0000000200. The van der Waals surface area contributed by atoms with Crippen LogP contribution >= 0.6 is 0 Å². The van der Waals surface area contributed by atoms with E-state index in [1.807, 2.05) is 0 Å². The molecule has 0 aliphatic heterocycles. The molecule has 0 aromatic heterocycles. The van der Waals surface area contributed by atoms with E-state index in [0.717, 1.165) is 0 Å². The fourth-order valence-electron chi connectivity index (χ4n) is 0. The zero-order valence-corrected chi connectivity index (χ0v) is 6.95. The number of hydrogen-bond donors (Lipinski definition) is 0. The second kappa shape index (κ2) is 16.5. The van der Waals surface area contributed by atoms with Crippen molar-refractivity contribution in [2.75, 3.05) is 0 Å². The van der Waals surface area contributed by atoms with Crippen LogP contribution < -0.4 is 0 Å². The molecule has 0 atom stereocenters. The van der Waals surface area contributed by atoms with Crippen LogP contribution in [0, 0.1) is 0 Å². The molecule has 0 saturated heterocycles. The van der Waals surface area contributed by atoms with E-state index in [4.69, 9.17) is 0 Å². The molecule has 0 unspecified atom stereocenters. The molecule has 0 N–H and O–H groups in total. The van der Waals surface area contributed by atoms with E-state index in [-0.39, 0.29) is 24.3 Å². The van der Waals surface area contributed by atoms with Crippen LogP contribution in [0.1, 0.15) is 0 Å². The molecule has 0 rings (SSSR count). The van der Waals surface area contributed by atoms with Gasteiger partial charge in [0.1, 0.15) is 0 Å². The SMILES string of the molecule is [Li].[O].[Se]=[Ni]=[Se]. The molecule has 0 aromatic carbocycles. The van der Waals surface area contributed by atoms with Gasteiger partial charge in [0.05, 0.1) is 0 Å². The maximum absolute atomic E-state index is 2.69.